The molecule has 1 aliphatic heterocycles. The highest BCUT2D eigenvalue weighted by Crippen LogP contribution is 2.31. The van der Waals surface area contributed by atoms with Crippen LogP contribution in [0.15, 0.2) is 41.3 Å². The van der Waals surface area contributed by atoms with Crippen LogP contribution in [0, 0.1) is 6.92 Å². The van der Waals surface area contributed by atoms with Gasteiger partial charge in [0.05, 0.1) is 29.6 Å². The van der Waals surface area contributed by atoms with E-state index in [1.165, 1.54) is 29.6 Å². The first kappa shape index (κ1) is 23.0. The number of nitrogens with zero attached hydrogens (tertiary/aromatic N) is 1. The number of amides is 1. The summed E-state index contributed by atoms with van der Waals surface area (Å²) in [5.74, 6) is -0.222. The zero-order valence-corrected chi connectivity index (χ0v) is 19.1. The Morgan fingerprint density at radius 3 is 2.32 bits per heavy atom. The van der Waals surface area contributed by atoms with Crippen LogP contribution < -0.4 is 14.8 Å². The van der Waals surface area contributed by atoms with Gasteiger partial charge >= 0.3 is 0 Å². The Morgan fingerprint density at radius 2 is 1.71 bits per heavy atom. The molecule has 2 aromatic carbocycles. The van der Waals surface area contributed by atoms with E-state index in [1.807, 2.05) is 0 Å². The highest BCUT2D eigenvalue weighted by molar-refractivity contribution is 7.92. The van der Waals surface area contributed by atoms with Crippen molar-refractivity contribution in [3.63, 3.8) is 0 Å². The fraction of sp³-hybridized carbons (Fsp3) is 0.350. The predicted octanol–water partition coefficient (Wildman–Crippen LogP) is 2.41. The molecule has 1 saturated heterocycles. The summed E-state index contributed by atoms with van der Waals surface area (Å²) in [6.45, 7) is 2.55. The van der Waals surface area contributed by atoms with Crippen LogP contribution in [0.5, 0.6) is 5.75 Å². The van der Waals surface area contributed by atoms with Crippen LogP contribution in [0.4, 0.5) is 11.4 Å². The zero-order chi connectivity index (χ0) is 22.8. The SMILES string of the molecule is COc1ccc(S(=O)(=O)N2CCCC2)cc1NC(=O)c1cccc(NS(C)(=O)=O)c1C. The van der Waals surface area contributed by atoms with Crippen molar-refractivity contribution in [3.05, 3.63) is 47.5 Å². The minimum absolute atomic E-state index is 0.0646. The smallest absolute Gasteiger partial charge is 0.256 e. The monoisotopic (exact) mass is 467 g/mol. The second-order valence-corrected chi connectivity index (χ2v) is 11.0. The maximum Gasteiger partial charge on any atom is 0.256 e. The number of hydrogen-bond acceptors (Lipinski definition) is 6. The number of methoxy groups -OCH3 is 1. The fourth-order valence-electron chi connectivity index (χ4n) is 3.40. The third kappa shape index (κ3) is 5.17. The lowest BCUT2D eigenvalue weighted by Crippen LogP contribution is -2.28. The van der Waals surface area contributed by atoms with Crippen LogP contribution in [0.25, 0.3) is 0 Å². The normalized spacial score (nSPS) is 14.9. The van der Waals surface area contributed by atoms with Crippen molar-refractivity contribution in [2.45, 2.75) is 24.7 Å². The summed E-state index contributed by atoms with van der Waals surface area (Å²) < 4.78 is 58.0. The molecule has 2 N–H and O–H groups in total. The molecule has 0 bridgehead atoms. The molecule has 1 heterocycles. The van der Waals surface area contributed by atoms with Crippen LogP contribution >= 0.6 is 0 Å². The lowest BCUT2D eigenvalue weighted by atomic mass is 10.1. The Labute approximate surface area is 182 Å². The lowest BCUT2D eigenvalue weighted by Gasteiger charge is -2.18. The predicted molar refractivity (Wildman–Crippen MR) is 119 cm³/mol. The van der Waals surface area contributed by atoms with E-state index < -0.39 is 26.0 Å². The second kappa shape index (κ2) is 8.85. The summed E-state index contributed by atoms with van der Waals surface area (Å²) in [7, 11) is -5.77. The maximum absolute atomic E-state index is 12.9. The Morgan fingerprint density at radius 1 is 1.03 bits per heavy atom. The van der Waals surface area contributed by atoms with Gasteiger partial charge in [-0.1, -0.05) is 6.07 Å². The molecule has 0 unspecified atom stereocenters. The summed E-state index contributed by atoms with van der Waals surface area (Å²) in [4.78, 5) is 13.0. The van der Waals surface area contributed by atoms with E-state index >= 15 is 0 Å². The van der Waals surface area contributed by atoms with Gasteiger partial charge in [-0.05, 0) is 55.7 Å². The Hall–Kier alpha value is -2.63. The zero-order valence-electron chi connectivity index (χ0n) is 17.5. The number of anilines is 2. The molecule has 9 nitrogen and oxygen atoms in total. The lowest BCUT2D eigenvalue weighted by molar-refractivity contribution is 0.102. The number of rotatable bonds is 7. The van der Waals surface area contributed by atoms with Crippen molar-refractivity contribution < 1.29 is 26.4 Å². The molecule has 0 saturated carbocycles. The van der Waals surface area contributed by atoms with E-state index in [0.717, 1.165) is 19.1 Å². The van der Waals surface area contributed by atoms with E-state index in [2.05, 4.69) is 10.0 Å². The minimum Gasteiger partial charge on any atom is -0.495 e. The van der Waals surface area contributed by atoms with E-state index in [-0.39, 0.29) is 21.8 Å². The first-order valence-corrected chi connectivity index (χ1v) is 12.9. The fourth-order valence-corrected chi connectivity index (χ4v) is 5.57. The van der Waals surface area contributed by atoms with Gasteiger partial charge in [-0.3, -0.25) is 9.52 Å². The van der Waals surface area contributed by atoms with Gasteiger partial charge < -0.3 is 10.1 Å². The van der Waals surface area contributed by atoms with E-state index in [9.17, 15) is 21.6 Å². The number of carbonyl (C=O) groups excluding carboxylic acids is 1. The first-order valence-electron chi connectivity index (χ1n) is 9.60. The quantitative estimate of drug-likeness (QED) is 0.645. The standard InChI is InChI=1S/C20H25N3O6S2/c1-14-16(7-6-8-17(14)22-30(3,25)26)20(24)21-18-13-15(9-10-19(18)29-2)31(27,28)23-11-4-5-12-23/h6-10,13,22H,4-5,11-12H2,1-3H3,(H,21,24). The molecule has 0 aliphatic carbocycles. The van der Waals surface area contributed by atoms with Crippen molar-refractivity contribution in [1.82, 2.24) is 4.31 Å². The molecule has 3 rings (SSSR count). The number of benzene rings is 2. The van der Waals surface area contributed by atoms with Crippen molar-refractivity contribution >= 4 is 37.3 Å². The number of nitrogens with one attached hydrogen (secondary N) is 2. The number of sulfonamides is 2. The van der Waals surface area contributed by atoms with Crippen LogP contribution in [0.3, 0.4) is 0 Å². The Bertz CT molecular complexity index is 1200. The summed E-state index contributed by atoms with van der Waals surface area (Å²) in [6, 6.07) is 8.97. The minimum atomic E-state index is -3.67. The van der Waals surface area contributed by atoms with E-state index in [0.29, 0.717) is 24.4 Å². The second-order valence-electron chi connectivity index (χ2n) is 7.28. The van der Waals surface area contributed by atoms with Crippen molar-refractivity contribution in [2.24, 2.45) is 0 Å². The van der Waals surface area contributed by atoms with Crippen molar-refractivity contribution in [1.29, 1.82) is 0 Å². The Kier molecular flexibility index (Phi) is 6.58. The molecule has 11 heteroatoms. The average Bonchev–Trinajstić information content (AvgIpc) is 3.24. The van der Waals surface area contributed by atoms with E-state index in [4.69, 9.17) is 4.74 Å². The van der Waals surface area contributed by atoms with Crippen LogP contribution in [0.2, 0.25) is 0 Å². The molecule has 2 aromatic rings. The van der Waals surface area contributed by atoms with Gasteiger partial charge in [0.2, 0.25) is 20.0 Å². The van der Waals surface area contributed by atoms with Crippen LogP contribution in [-0.4, -0.2) is 53.5 Å². The third-order valence-electron chi connectivity index (χ3n) is 5.00. The van der Waals surface area contributed by atoms with Gasteiger partial charge in [-0.25, -0.2) is 16.8 Å². The number of carbonyl (C=O) groups is 1. The number of hydrogen-bond donors (Lipinski definition) is 2. The molecule has 0 aromatic heterocycles. The molecule has 1 amide bonds. The molecule has 0 atom stereocenters. The highest BCUT2D eigenvalue weighted by Gasteiger charge is 2.28. The molecular weight excluding hydrogens is 442 g/mol. The molecule has 0 radical (unpaired) electrons. The molecule has 168 valence electrons. The topological polar surface area (TPSA) is 122 Å². The molecule has 0 spiro atoms. The highest BCUT2D eigenvalue weighted by atomic mass is 32.2. The van der Waals surface area contributed by atoms with Gasteiger partial charge in [0, 0.05) is 18.7 Å². The van der Waals surface area contributed by atoms with Crippen molar-refractivity contribution in [2.75, 3.05) is 36.5 Å². The summed E-state index contributed by atoms with van der Waals surface area (Å²) in [6.07, 6.45) is 2.66. The molecular formula is C20H25N3O6S2. The summed E-state index contributed by atoms with van der Waals surface area (Å²) >= 11 is 0. The van der Waals surface area contributed by atoms with Gasteiger partial charge in [0.25, 0.3) is 5.91 Å². The average molecular weight is 468 g/mol. The van der Waals surface area contributed by atoms with Gasteiger partial charge in [0.15, 0.2) is 0 Å². The molecule has 31 heavy (non-hydrogen) atoms. The van der Waals surface area contributed by atoms with E-state index in [1.54, 1.807) is 25.1 Å². The maximum atomic E-state index is 12.9. The first-order chi connectivity index (χ1) is 14.5. The largest absolute Gasteiger partial charge is 0.495 e. The van der Waals surface area contributed by atoms with Gasteiger partial charge in [0.1, 0.15) is 5.75 Å². The van der Waals surface area contributed by atoms with Crippen molar-refractivity contribution in [3.8, 4) is 5.75 Å². The van der Waals surface area contributed by atoms with Crippen LogP contribution in [0.1, 0.15) is 28.8 Å². The Balaban J connectivity index is 1.93. The third-order valence-corrected chi connectivity index (χ3v) is 7.48. The number of ether oxygens (including phenoxy) is 1. The van der Waals surface area contributed by atoms with Gasteiger partial charge in [-0.15, -0.1) is 0 Å². The van der Waals surface area contributed by atoms with Gasteiger partial charge in [-0.2, -0.15) is 4.31 Å². The van der Waals surface area contributed by atoms with Crippen LogP contribution in [-0.2, 0) is 20.0 Å². The summed E-state index contributed by atoms with van der Waals surface area (Å²) in [5, 5.41) is 2.69. The molecule has 1 fully saturated rings. The molecule has 1 aliphatic rings. The summed E-state index contributed by atoms with van der Waals surface area (Å²) in [5.41, 5.74) is 1.16.